The second-order valence-electron chi connectivity index (χ2n) is 23.2. The van der Waals surface area contributed by atoms with Gasteiger partial charge in [0.25, 0.3) is 0 Å². The van der Waals surface area contributed by atoms with Crippen LogP contribution in [-0.2, 0) is 33.2 Å². The molecule has 0 aromatic carbocycles. The Hall–Kier alpha value is -1.47. The van der Waals surface area contributed by atoms with Crippen LogP contribution in [0, 0.1) is 0 Å². The van der Waals surface area contributed by atoms with Crippen molar-refractivity contribution in [3.8, 4) is 0 Å². The predicted octanol–water partition coefficient (Wildman–Crippen LogP) is 6.55. The van der Waals surface area contributed by atoms with Gasteiger partial charge >= 0.3 is 0 Å². The van der Waals surface area contributed by atoms with E-state index in [1.54, 1.807) is 0 Å². The number of ether oxygens (including phenoxy) is 6. The van der Waals surface area contributed by atoms with E-state index in [2.05, 4.69) is 31.3 Å². The van der Waals surface area contributed by atoms with Crippen molar-refractivity contribution in [3.63, 3.8) is 0 Å². The maximum absolute atomic E-state index is 13.3. The molecule has 0 aromatic rings. The van der Waals surface area contributed by atoms with Gasteiger partial charge in [0, 0.05) is 6.42 Å². The molecule has 0 radical (unpaired) electrons. The molecule has 80 heavy (non-hydrogen) atoms. The van der Waals surface area contributed by atoms with Crippen molar-refractivity contribution in [2.75, 3.05) is 26.4 Å². The summed E-state index contributed by atoms with van der Waals surface area (Å²) in [6.45, 7) is 1.72. The van der Waals surface area contributed by atoms with Gasteiger partial charge in [0.1, 0.15) is 73.2 Å². The van der Waals surface area contributed by atoms with Gasteiger partial charge in [-0.1, -0.05) is 206 Å². The summed E-state index contributed by atoms with van der Waals surface area (Å²) in [5.74, 6) is -0.245. The Balaban J connectivity index is 1.32. The molecule has 3 aliphatic rings. The fraction of sp³-hybridized carbons (Fsp3) is 0.951. The van der Waals surface area contributed by atoms with Crippen molar-refractivity contribution in [1.29, 1.82) is 0 Å². The highest BCUT2D eigenvalue weighted by atomic mass is 16.8. The maximum atomic E-state index is 13.3. The number of amides is 1. The van der Waals surface area contributed by atoms with Crippen LogP contribution in [0.3, 0.4) is 0 Å². The van der Waals surface area contributed by atoms with Crippen LogP contribution >= 0.6 is 0 Å². The molecule has 1 amide bonds. The molecule has 12 N–H and O–H groups in total. The molecule has 472 valence electrons. The van der Waals surface area contributed by atoms with Crippen LogP contribution in [0.2, 0.25) is 0 Å². The van der Waals surface area contributed by atoms with Gasteiger partial charge in [-0.25, -0.2) is 0 Å². The zero-order valence-electron chi connectivity index (χ0n) is 49.3. The molecular weight excluding hydrogens is 1030 g/mol. The first-order valence-electron chi connectivity index (χ1n) is 31.9. The summed E-state index contributed by atoms with van der Waals surface area (Å²) in [7, 11) is 0. The predicted molar refractivity (Wildman–Crippen MR) is 305 cm³/mol. The molecule has 0 spiro atoms. The van der Waals surface area contributed by atoms with Crippen LogP contribution in [0.15, 0.2) is 12.2 Å². The number of aliphatic hydroxyl groups is 11. The van der Waals surface area contributed by atoms with E-state index in [0.717, 1.165) is 57.8 Å². The highest BCUT2D eigenvalue weighted by molar-refractivity contribution is 5.76. The Kier molecular flexibility index (Phi) is 40.9. The number of carbonyl (C=O) groups is 1. The first-order valence-corrected chi connectivity index (χ1v) is 31.9. The van der Waals surface area contributed by atoms with Gasteiger partial charge in [-0.2, -0.15) is 0 Å². The normalized spacial score (nSPS) is 30.0. The largest absolute Gasteiger partial charge is 0.394 e. The summed E-state index contributed by atoms with van der Waals surface area (Å²) in [5.41, 5.74) is 0. The third kappa shape index (κ3) is 28.2. The summed E-state index contributed by atoms with van der Waals surface area (Å²) < 4.78 is 34.2. The van der Waals surface area contributed by atoms with Crippen LogP contribution < -0.4 is 5.32 Å². The molecule has 0 bridgehead atoms. The molecule has 0 saturated carbocycles. The van der Waals surface area contributed by atoms with Crippen molar-refractivity contribution >= 4 is 5.91 Å². The summed E-state index contributed by atoms with van der Waals surface area (Å²) in [6.07, 6.45) is 19.5. The Labute approximate surface area is 480 Å². The number of hydrogen-bond acceptors (Lipinski definition) is 18. The van der Waals surface area contributed by atoms with Crippen LogP contribution in [0.4, 0.5) is 0 Å². The van der Waals surface area contributed by atoms with Gasteiger partial charge in [0.2, 0.25) is 5.91 Å². The van der Waals surface area contributed by atoms with Gasteiger partial charge in [-0.15, -0.1) is 0 Å². The Bertz CT molecular complexity index is 1510. The lowest BCUT2D eigenvalue weighted by Gasteiger charge is -2.48. The highest BCUT2D eigenvalue weighted by Crippen LogP contribution is 2.33. The van der Waals surface area contributed by atoms with E-state index in [1.807, 2.05) is 0 Å². The van der Waals surface area contributed by atoms with Crippen molar-refractivity contribution in [1.82, 2.24) is 5.32 Å². The Morgan fingerprint density at radius 2 is 0.787 bits per heavy atom. The smallest absolute Gasteiger partial charge is 0.220 e. The van der Waals surface area contributed by atoms with Gasteiger partial charge in [0.05, 0.1) is 38.6 Å². The number of hydrogen-bond donors (Lipinski definition) is 12. The van der Waals surface area contributed by atoms with Crippen molar-refractivity contribution < 1.29 is 89.4 Å². The summed E-state index contributed by atoms with van der Waals surface area (Å²) in [4.78, 5) is 13.3. The van der Waals surface area contributed by atoms with E-state index in [-0.39, 0.29) is 18.9 Å². The number of carbonyl (C=O) groups excluding carboxylic acids is 1. The average molecular weight is 1150 g/mol. The number of rotatable bonds is 48. The molecule has 3 heterocycles. The van der Waals surface area contributed by atoms with E-state index in [9.17, 15) is 61.0 Å². The minimum absolute atomic E-state index is 0.245. The van der Waals surface area contributed by atoms with E-state index < -0.39 is 124 Å². The second-order valence-corrected chi connectivity index (χ2v) is 23.2. The van der Waals surface area contributed by atoms with E-state index in [1.165, 1.54) is 148 Å². The lowest BCUT2D eigenvalue weighted by molar-refractivity contribution is -0.379. The zero-order valence-corrected chi connectivity index (χ0v) is 49.3. The fourth-order valence-electron chi connectivity index (χ4n) is 11.1. The topological polar surface area (TPSA) is 307 Å². The molecule has 0 aliphatic carbocycles. The molecule has 0 aromatic heterocycles. The maximum Gasteiger partial charge on any atom is 0.220 e. The van der Waals surface area contributed by atoms with Crippen molar-refractivity contribution in [2.24, 2.45) is 0 Å². The number of nitrogens with one attached hydrogen (secondary N) is 1. The standard InChI is InChI=1S/C61H115NO18/c1-3-5-7-9-11-12-13-14-15-16-17-18-19-20-21-22-23-24-25-26-27-28-29-30-31-32-33-35-37-39-49(67)62-44(45(66)38-36-34-10-8-6-4-2)43-75-59-55(73)52(70)57(47(41-64)77-59)80-61-56(74)53(71)58(48(42-65)78-61)79-60-54(72)51(69)50(68)46(40-63)76-60/h16-17,44-48,50-61,63-66,68-74H,3-15,18-43H2,1-2H3,(H,62,67)/b17-16-. The summed E-state index contributed by atoms with van der Waals surface area (Å²) >= 11 is 0. The molecule has 17 unspecified atom stereocenters. The van der Waals surface area contributed by atoms with E-state index in [4.69, 9.17) is 28.4 Å². The summed E-state index contributed by atoms with van der Waals surface area (Å²) in [5, 5.41) is 120. The molecule has 19 heteroatoms. The third-order valence-corrected chi connectivity index (χ3v) is 16.3. The molecule has 19 nitrogen and oxygen atoms in total. The molecule has 17 atom stereocenters. The minimum atomic E-state index is -1.97. The zero-order chi connectivity index (χ0) is 58.3. The average Bonchev–Trinajstić information content (AvgIpc) is 3.45. The SMILES string of the molecule is CCCCCCCCCC/C=C\CCCCCCCCCCCCCCCCCCCC(=O)NC(COC1OC(CO)C(OC2OC(CO)C(OC3OC(CO)C(O)C(O)C3O)C(O)C2O)C(O)C1O)C(O)CCCCCCCC. The Morgan fingerprint density at radius 3 is 1.21 bits per heavy atom. The van der Waals surface area contributed by atoms with E-state index >= 15 is 0 Å². The summed E-state index contributed by atoms with van der Waals surface area (Å²) in [6, 6.07) is -0.879. The lowest BCUT2D eigenvalue weighted by Crippen LogP contribution is -2.66. The monoisotopic (exact) mass is 1150 g/mol. The third-order valence-electron chi connectivity index (χ3n) is 16.3. The van der Waals surface area contributed by atoms with Gasteiger partial charge in [-0.3, -0.25) is 4.79 Å². The molecule has 3 aliphatic heterocycles. The van der Waals surface area contributed by atoms with Gasteiger partial charge < -0.3 is 89.9 Å². The van der Waals surface area contributed by atoms with Crippen LogP contribution in [0.1, 0.15) is 239 Å². The van der Waals surface area contributed by atoms with Crippen LogP contribution in [0.25, 0.3) is 0 Å². The first-order chi connectivity index (χ1) is 38.8. The van der Waals surface area contributed by atoms with Crippen molar-refractivity contribution in [2.45, 2.75) is 343 Å². The van der Waals surface area contributed by atoms with Crippen molar-refractivity contribution in [3.05, 3.63) is 12.2 Å². The second kappa shape index (κ2) is 44.9. The number of aliphatic hydroxyl groups excluding tert-OH is 11. The number of unbranched alkanes of at least 4 members (excludes halogenated alkanes) is 30. The lowest BCUT2D eigenvalue weighted by atomic mass is 9.96. The molecule has 3 rings (SSSR count). The number of allylic oxidation sites excluding steroid dienone is 2. The minimum Gasteiger partial charge on any atom is -0.394 e. The molecule has 3 saturated heterocycles. The quantitative estimate of drug-likeness (QED) is 0.0227. The van der Waals surface area contributed by atoms with Crippen LogP contribution in [-0.4, -0.2) is 193 Å². The molecule has 3 fully saturated rings. The molecular formula is C61H115NO18. The first kappa shape index (κ1) is 72.8. The van der Waals surface area contributed by atoms with E-state index in [0.29, 0.717) is 12.8 Å². The van der Waals surface area contributed by atoms with Gasteiger partial charge in [-0.05, 0) is 38.5 Å². The fourth-order valence-corrected chi connectivity index (χ4v) is 11.1. The van der Waals surface area contributed by atoms with Crippen LogP contribution in [0.5, 0.6) is 0 Å². The Morgan fingerprint density at radius 1 is 0.438 bits per heavy atom. The van der Waals surface area contributed by atoms with Gasteiger partial charge in [0.15, 0.2) is 18.9 Å². The highest BCUT2D eigenvalue weighted by Gasteiger charge is 2.53.